The first-order valence-corrected chi connectivity index (χ1v) is 13.9. The summed E-state index contributed by atoms with van der Waals surface area (Å²) in [6, 6.07) is 15.7. The van der Waals surface area contributed by atoms with Gasteiger partial charge in [0.05, 0.1) is 4.90 Å². The second-order valence-corrected chi connectivity index (χ2v) is 11.6. The van der Waals surface area contributed by atoms with Crippen LogP contribution < -0.4 is 5.32 Å². The van der Waals surface area contributed by atoms with Crippen LogP contribution in [0.5, 0.6) is 0 Å². The molecule has 0 aromatic heterocycles. The van der Waals surface area contributed by atoms with Crippen molar-refractivity contribution in [3.05, 3.63) is 87.9 Å². The maximum absolute atomic E-state index is 13.2. The monoisotopic (exact) mass is 574 g/mol. The highest BCUT2D eigenvalue weighted by atomic mass is 35.5. The Morgan fingerprint density at radius 2 is 1.71 bits per heavy atom. The molecule has 3 aromatic carbocycles. The van der Waals surface area contributed by atoms with Crippen LogP contribution in [0.1, 0.15) is 28.8 Å². The molecule has 11 heteroatoms. The molecule has 0 saturated carbocycles. The number of benzene rings is 3. The van der Waals surface area contributed by atoms with Gasteiger partial charge < -0.3 is 10.4 Å². The SMILES string of the molecule is O=Cc1ccccc1-c1ccc(C[C@H](NC(=O)[C@@H]2CCCN2S(=O)(=O)c2cc(Cl)cc(Cl)c2)C(=O)O)cc1. The summed E-state index contributed by atoms with van der Waals surface area (Å²) in [5.41, 5.74) is 2.72. The van der Waals surface area contributed by atoms with Gasteiger partial charge in [0.2, 0.25) is 15.9 Å². The second-order valence-electron chi connectivity index (χ2n) is 8.88. The molecule has 2 atom stereocenters. The molecule has 1 heterocycles. The highest BCUT2D eigenvalue weighted by molar-refractivity contribution is 7.89. The number of rotatable bonds is 9. The average molecular weight is 575 g/mol. The van der Waals surface area contributed by atoms with Gasteiger partial charge >= 0.3 is 5.97 Å². The molecule has 3 aromatic rings. The molecule has 4 rings (SSSR count). The lowest BCUT2D eigenvalue weighted by Crippen LogP contribution is -2.51. The van der Waals surface area contributed by atoms with Crippen molar-refractivity contribution in [1.82, 2.24) is 9.62 Å². The predicted molar refractivity (Wildman–Crippen MR) is 144 cm³/mol. The molecule has 38 heavy (non-hydrogen) atoms. The maximum Gasteiger partial charge on any atom is 0.326 e. The van der Waals surface area contributed by atoms with Crippen molar-refractivity contribution >= 4 is 51.4 Å². The van der Waals surface area contributed by atoms with Crippen LogP contribution in [0.15, 0.2) is 71.6 Å². The molecule has 8 nitrogen and oxygen atoms in total. The minimum Gasteiger partial charge on any atom is -0.480 e. The second kappa shape index (κ2) is 11.7. The molecular weight excluding hydrogens is 551 g/mol. The van der Waals surface area contributed by atoms with E-state index in [1.807, 2.05) is 12.1 Å². The van der Waals surface area contributed by atoms with Crippen molar-refractivity contribution in [3.63, 3.8) is 0 Å². The minimum atomic E-state index is -4.10. The van der Waals surface area contributed by atoms with Crippen LogP contribution in [0, 0.1) is 0 Å². The lowest BCUT2D eigenvalue weighted by Gasteiger charge is -2.25. The molecule has 1 amide bonds. The van der Waals surface area contributed by atoms with Gasteiger partial charge in [-0.15, -0.1) is 0 Å². The van der Waals surface area contributed by atoms with E-state index >= 15 is 0 Å². The molecule has 198 valence electrons. The van der Waals surface area contributed by atoms with Gasteiger partial charge in [0.25, 0.3) is 0 Å². The number of carbonyl (C=O) groups is 3. The van der Waals surface area contributed by atoms with E-state index in [9.17, 15) is 27.9 Å². The number of hydrogen-bond acceptors (Lipinski definition) is 5. The Morgan fingerprint density at radius 3 is 2.34 bits per heavy atom. The summed E-state index contributed by atoms with van der Waals surface area (Å²) in [5, 5.41) is 12.6. The van der Waals surface area contributed by atoms with E-state index in [-0.39, 0.29) is 34.3 Å². The Balaban J connectivity index is 1.49. The number of hydrogen-bond donors (Lipinski definition) is 2. The summed E-state index contributed by atoms with van der Waals surface area (Å²) in [5.74, 6) is -1.94. The van der Waals surface area contributed by atoms with Crippen molar-refractivity contribution < 1.29 is 27.9 Å². The van der Waals surface area contributed by atoms with Gasteiger partial charge in [-0.25, -0.2) is 13.2 Å². The van der Waals surface area contributed by atoms with E-state index < -0.39 is 34.0 Å². The number of nitrogens with zero attached hydrogens (tertiary/aromatic N) is 1. The normalized spacial score (nSPS) is 16.6. The van der Waals surface area contributed by atoms with Crippen molar-refractivity contribution in [2.24, 2.45) is 0 Å². The smallest absolute Gasteiger partial charge is 0.326 e. The van der Waals surface area contributed by atoms with Gasteiger partial charge in [-0.2, -0.15) is 4.31 Å². The highest BCUT2D eigenvalue weighted by Gasteiger charge is 2.40. The van der Waals surface area contributed by atoms with E-state index in [1.165, 1.54) is 18.2 Å². The molecule has 0 spiro atoms. The van der Waals surface area contributed by atoms with Crippen molar-refractivity contribution in [2.45, 2.75) is 36.2 Å². The van der Waals surface area contributed by atoms with Gasteiger partial charge in [0, 0.05) is 28.6 Å². The number of amides is 1. The van der Waals surface area contributed by atoms with E-state index in [2.05, 4.69) is 5.32 Å². The molecular formula is C27H24Cl2N2O6S. The number of carboxylic acid groups (broad SMARTS) is 1. The van der Waals surface area contributed by atoms with Crippen LogP contribution in [0.4, 0.5) is 0 Å². The Morgan fingerprint density at radius 1 is 1.05 bits per heavy atom. The van der Waals surface area contributed by atoms with Gasteiger partial charge in [-0.05, 0) is 47.7 Å². The van der Waals surface area contributed by atoms with Crippen molar-refractivity contribution in [3.8, 4) is 11.1 Å². The summed E-state index contributed by atoms with van der Waals surface area (Å²) in [6.07, 6.45) is 1.44. The molecule has 1 aliphatic rings. The third-order valence-corrected chi connectivity index (χ3v) is 8.68. The van der Waals surface area contributed by atoms with Gasteiger partial charge in [-0.1, -0.05) is 71.7 Å². The molecule has 2 N–H and O–H groups in total. The van der Waals surface area contributed by atoms with Crippen LogP contribution in [0.2, 0.25) is 10.0 Å². The van der Waals surface area contributed by atoms with Gasteiger partial charge in [0.15, 0.2) is 6.29 Å². The largest absolute Gasteiger partial charge is 0.480 e. The molecule has 1 aliphatic heterocycles. The standard InChI is InChI=1S/C27H24Cl2N2O6S/c28-20-13-21(29)15-22(14-20)38(36,37)31-11-3-6-25(31)26(33)30-24(27(34)35)12-17-7-9-18(10-8-17)23-5-2-1-4-19(23)16-32/h1-2,4-5,7-10,13-16,24-25H,3,6,11-12H2,(H,30,33)(H,34,35)/t24-,25-/m0/s1. The molecule has 1 saturated heterocycles. The zero-order valence-electron chi connectivity index (χ0n) is 20.0. The van der Waals surface area contributed by atoms with E-state index in [0.29, 0.717) is 17.5 Å². The molecule has 0 aliphatic carbocycles. The zero-order chi connectivity index (χ0) is 27.4. The van der Waals surface area contributed by atoms with E-state index in [0.717, 1.165) is 21.7 Å². The van der Waals surface area contributed by atoms with Gasteiger partial charge in [0.1, 0.15) is 12.1 Å². The maximum atomic E-state index is 13.2. The molecule has 1 fully saturated rings. The van der Waals surface area contributed by atoms with Crippen LogP contribution in [0.25, 0.3) is 11.1 Å². The molecule has 0 radical (unpaired) electrons. The first-order valence-electron chi connectivity index (χ1n) is 11.7. The Labute approximate surface area is 230 Å². The fourth-order valence-electron chi connectivity index (χ4n) is 4.49. The van der Waals surface area contributed by atoms with Gasteiger partial charge in [-0.3, -0.25) is 9.59 Å². The average Bonchev–Trinajstić information content (AvgIpc) is 3.39. The van der Waals surface area contributed by atoms with Crippen LogP contribution in [0.3, 0.4) is 0 Å². The quantitative estimate of drug-likeness (QED) is 0.364. The highest BCUT2D eigenvalue weighted by Crippen LogP contribution is 2.30. The number of carbonyl (C=O) groups excluding carboxylic acids is 2. The lowest BCUT2D eigenvalue weighted by molar-refractivity contribution is -0.142. The minimum absolute atomic E-state index is 0.0138. The summed E-state index contributed by atoms with van der Waals surface area (Å²) in [6.45, 7) is 0.103. The summed E-state index contributed by atoms with van der Waals surface area (Å²) >= 11 is 11.9. The van der Waals surface area contributed by atoms with E-state index in [4.69, 9.17) is 23.2 Å². The first kappa shape index (κ1) is 27.8. The van der Waals surface area contributed by atoms with E-state index in [1.54, 1.807) is 36.4 Å². The first-order chi connectivity index (χ1) is 18.1. The Kier molecular flexibility index (Phi) is 8.52. The third-order valence-electron chi connectivity index (χ3n) is 6.36. The third kappa shape index (κ3) is 6.07. The van der Waals surface area contributed by atoms with Crippen molar-refractivity contribution in [1.29, 1.82) is 0 Å². The number of carboxylic acids is 1. The summed E-state index contributed by atoms with van der Waals surface area (Å²) in [4.78, 5) is 36.3. The number of halogens is 2. The fourth-order valence-corrected chi connectivity index (χ4v) is 6.87. The van der Waals surface area contributed by atoms with Crippen LogP contribution >= 0.6 is 23.2 Å². The molecule has 0 bridgehead atoms. The number of aldehydes is 1. The summed E-state index contributed by atoms with van der Waals surface area (Å²) < 4.78 is 27.6. The zero-order valence-corrected chi connectivity index (χ0v) is 22.3. The Hall–Kier alpha value is -3.24. The number of aliphatic carboxylic acids is 1. The Bertz CT molecular complexity index is 1460. The lowest BCUT2D eigenvalue weighted by atomic mass is 9.97. The van der Waals surface area contributed by atoms with Crippen molar-refractivity contribution in [2.75, 3.05) is 6.54 Å². The van der Waals surface area contributed by atoms with Crippen LogP contribution in [-0.4, -0.2) is 54.6 Å². The summed E-state index contributed by atoms with van der Waals surface area (Å²) in [7, 11) is -4.10. The molecule has 0 unspecified atom stereocenters. The topological polar surface area (TPSA) is 121 Å². The van der Waals surface area contributed by atoms with Crippen LogP contribution in [-0.2, 0) is 26.0 Å². The fraction of sp³-hybridized carbons (Fsp3) is 0.222. The number of sulfonamides is 1. The number of nitrogens with one attached hydrogen (secondary N) is 1. The predicted octanol–water partition coefficient (Wildman–Crippen LogP) is 4.44.